The van der Waals surface area contributed by atoms with E-state index in [9.17, 15) is 4.39 Å². The van der Waals surface area contributed by atoms with Crippen molar-refractivity contribution in [3.63, 3.8) is 0 Å². The van der Waals surface area contributed by atoms with Crippen molar-refractivity contribution in [3.8, 4) is 0 Å². The predicted octanol–water partition coefficient (Wildman–Crippen LogP) is 5.42. The maximum absolute atomic E-state index is 12.8. The molecule has 112 valence electrons. The van der Waals surface area contributed by atoms with Crippen molar-refractivity contribution in [3.05, 3.63) is 69.5 Å². The van der Waals surface area contributed by atoms with Crippen LogP contribution in [-0.2, 0) is 6.42 Å². The van der Waals surface area contributed by atoms with Crippen molar-refractivity contribution in [1.29, 1.82) is 0 Å². The molecular formula is C17H18Cl2FN. The highest BCUT2D eigenvalue weighted by Gasteiger charge is 2.12. The molecule has 0 fully saturated rings. The second-order valence-electron chi connectivity index (χ2n) is 4.96. The van der Waals surface area contributed by atoms with E-state index in [2.05, 4.69) is 12.2 Å². The standard InChI is InChI=1S/C17H18Cl2FN/c1-2-17(15-8-5-13(18)11-16(15)19)21-10-9-12-3-6-14(20)7-4-12/h3-8,11,17,21H,2,9-10H2,1H3. The van der Waals surface area contributed by atoms with Crippen molar-refractivity contribution in [2.45, 2.75) is 25.8 Å². The van der Waals surface area contributed by atoms with Gasteiger partial charge in [0, 0.05) is 16.1 Å². The first-order valence-corrected chi connectivity index (χ1v) is 7.78. The Kier molecular flexibility index (Phi) is 6.04. The van der Waals surface area contributed by atoms with Gasteiger partial charge in [0.1, 0.15) is 5.82 Å². The summed E-state index contributed by atoms with van der Waals surface area (Å²) < 4.78 is 12.8. The summed E-state index contributed by atoms with van der Waals surface area (Å²) >= 11 is 12.2. The van der Waals surface area contributed by atoms with Gasteiger partial charge in [0.25, 0.3) is 0 Å². The maximum atomic E-state index is 12.8. The molecule has 1 unspecified atom stereocenters. The molecule has 0 heterocycles. The molecule has 0 spiro atoms. The Bertz CT molecular complexity index is 584. The van der Waals surface area contributed by atoms with Gasteiger partial charge >= 0.3 is 0 Å². The Morgan fingerprint density at radius 3 is 2.43 bits per heavy atom. The summed E-state index contributed by atoms with van der Waals surface area (Å²) in [7, 11) is 0. The average molecular weight is 326 g/mol. The highest BCUT2D eigenvalue weighted by molar-refractivity contribution is 6.35. The van der Waals surface area contributed by atoms with E-state index in [1.54, 1.807) is 6.07 Å². The predicted molar refractivity (Wildman–Crippen MR) is 87.6 cm³/mol. The van der Waals surface area contributed by atoms with E-state index in [1.807, 2.05) is 24.3 Å². The zero-order valence-electron chi connectivity index (χ0n) is 11.9. The zero-order valence-corrected chi connectivity index (χ0v) is 13.4. The van der Waals surface area contributed by atoms with Crippen LogP contribution in [0.2, 0.25) is 10.0 Å². The molecule has 0 radical (unpaired) electrons. The van der Waals surface area contributed by atoms with Crippen LogP contribution in [0, 0.1) is 5.82 Å². The average Bonchev–Trinajstić information content (AvgIpc) is 2.46. The van der Waals surface area contributed by atoms with Gasteiger partial charge in [0.15, 0.2) is 0 Å². The first kappa shape index (κ1) is 16.3. The van der Waals surface area contributed by atoms with Gasteiger partial charge in [0.2, 0.25) is 0 Å². The molecule has 0 aliphatic carbocycles. The second-order valence-corrected chi connectivity index (χ2v) is 5.80. The lowest BCUT2D eigenvalue weighted by atomic mass is 10.0. The van der Waals surface area contributed by atoms with Gasteiger partial charge in [-0.2, -0.15) is 0 Å². The first-order chi connectivity index (χ1) is 10.1. The van der Waals surface area contributed by atoms with E-state index in [0.717, 1.165) is 30.5 Å². The third-order valence-corrected chi connectivity index (χ3v) is 4.03. The number of nitrogens with one attached hydrogen (secondary N) is 1. The molecule has 0 aromatic heterocycles. The Hall–Kier alpha value is -1.09. The number of benzene rings is 2. The second kappa shape index (κ2) is 7.79. The molecule has 0 aliphatic rings. The van der Waals surface area contributed by atoms with Crippen molar-refractivity contribution < 1.29 is 4.39 Å². The van der Waals surface area contributed by atoms with Gasteiger partial charge in [-0.25, -0.2) is 4.39 Å². The topological polar surface area (TPSA) is 12.0 Å². The molecule has 0 amide bonds. The van der Waals surface area contributed by atoms with Gasteiger partial charge in [0.05, 0.1) is 0 Å². The van der Waals surface area contributed by atoms with Gasteiger partial charge in [-0.05, 0) is 54.8 Å². The zero-order chi connectivity index (χ0) is 15.2. The lowest BCUT2D eigenvalue weighted by Crippen LogP contribution is -2.23. The quantitative estimate of drug-likeness (QED) is 0.748. The van der Waals surface area contributed by atoms with Crippen LogP contribution in [0.15, 0.2) is 42.5 Å². The minimum atomic E-state index is -0.203. The van der Waals surface area contributed by atoms with E-state index in [0.29, 0.717) is 10.0 Å². The maximum Gasteiger partial charge on any atom is 0.123 e. The summed E-state index contributed by atoms with van der Waals surface area (Å²) in [6.07, 6.45) is 1.78. The Labute approximate surface area is 135 Å². The van der Waals surface area contributed by atoms with Crippen molar-refractivity contribution >= 4 is 23.2 Å². The lowest BCUT2D eigenvalue weighted by molar-refractivity contribution is 0.522. The van der Waals surface area contributed by atoms with Crippen LogP contribution < -0.4 is 5.32 Å². The third kappa shape index (κ3) is 4.70. The smallest absolute Gasteiger partial charge is 0.123 e. The normalized spacial score (nSPS) is 12.4. The van der Waals surface area contributed by atoms with Gasteiger partial charge in [-0.1, -0.05) is 48.3 Å². The summed E-state index contributed by atoms with van der Waals surface area (Å²) in [5, 5.41) is 4.82. The van der Waals surface area contributed by atoms with E-state index in [4.69, 9.17) is 23.2 Å². The third-order valence-electron chi connectivity index (χ3n) is 3.46. The molecular weight excluding hydrogens is 308 g/mol. The van der Waals surface area contributed by atoms with Crippen LogP contribution >= 0.6 is 23.2 Å². The molecule has 0 bridgehead atoms. The molecule has 2 aromatic rings. The van der Waals surface area contributed by atoms with Crippen LogP contribution in [0.5, 0.6) is 0 Å². The van der Waals surface area contributed by atoms with E-state index in [-0.39, 0.29) is 11.9 Å². The number of hydrogen-bond acceptors (Lipinski definition) is 1. The van der Waals surface area contributed by atoms with Gasteiger partial charge < -0.3 is 5.32 Å². The summed E-state index contributed by atoms with van der Waals surface area (Å²) in [4.78, 5) is 0. The largest absolute Gasteiger partial charge is 0.310 e. The molecule has 1 N–H and O–H groups in total. The molecule has 1 atom stereocenters. The molecule has 2 rings (SSSR count). The Balaban J connectivity index is 1.94. The van der Waals surface area contributed by atoms with Gasteiger partial charge in [-0.15, -0.1) is 0 Å². The molecule has 0 saturated heterocycles. The summed E-state index contributed by atoms with van der Waals surface area (Å²) in [5.41, 5.74) is 2.17. The number of halogens is 3. The Morgan fingerprint density at radius 1 is 1.10 bits per heavy atom. The number of rotatable bonds is 6. The van der Waals surface area contributed by atoms with Crippen LogP contribution in [0.25, 0.3) is 0 Å². The lowest BCUT2D eigenvalue weighted by Gasteiger charge is -2.19. The van der Waals surface area contributed by atoms with Crippen LogP contribution in [0.3, 0.4) is 0 Å². The molecule has 2 aromatic carbocycles. The van der Waals surface area contributed by atoms with E-state index >= 15 is 0 Å². The SMILES string of the molecule is CCC(NCCc1ccc(F)cc1)c1ccc(Cl)cc1Cl. The summed E-state index contributed by atoms with van der Waals surface area (Å²) in [6.45, 7) is 2.92. The summed E-state index contributed by atoms with van der Waals surface area (Å²) in [6, 6.07) is 12.4. The minimum Gasteiger partial charge on any atom is -0.310 e. The van der Waals surface area contributed by atoms with Crippen molar-refractivity contribution in [2.75, 3.05) is 6.54 Å². The van der Waals surface area contributed by atoms with Crippen molar-refractivity contribution in [1.82, 2.24) is 5.32 Å². The minimum absolute atomic E-state index is 0.190. The molecule has 4 heteroatoms. The van der Waals surface area contributed by atoms with Crippen LogP contribution in [-0.4, -0.2) is 6.54 Å². The number of hydrogen-bond donors (Lipinski definition) is 1. The first-order valence-electron chi connectivity index (χ1n) is 7.03. The molecule has 0 aliphatic heterocycles. The van der Waals surface area contributed by atoms with E-state index < -0.39 is 0 Å². The van der Waals surface area contributed by atoms with Crippen molar-refractivity contribution in [2.24, 2.45) is 0 Å². The fourth-order valence-corrected chi connectivity index (χ4v) is 2.84. The monoisotopic (exact) mass is 325 g/mol. The fraction of sp³-hybridized carbons (Fsp3) is 0.294. The highest BCUT2D eigenvalue weighted by atomic mass is 35.5. The molecule has 1 nitrogen and oxygen atoms in total. The van der Waals surface area contributed by atoms with Crippen LogP contribution in [0.1, 0.15) is 30.5 Å². The Morgan fingerprint density at radius 2 is 1.81 bits per heavy atom. The molecule has 21 heavy (non-hydrogen) atoms. The highest BCUT2D eigenvalue weighted by Crippen LogP contribution is 2.27. The van der Waals surface area contributed by atoms with E-state index in [1.165, 1.54) is 12.1 Å². The summed E-state index contributed by atoms with van der Waals surface area (Å²) in [5.74, 6) is -0.203. The van der Waals surface area contributed by atoms with Gasteiger partial charge in [-0.3, -0.25) is 0 Å². The molecule has 0 saturated carbocycles. The van der Waals surface area contributed by atoms with Crippen LogP contribution in [0.4, 0.5) is 4.39 Å². The fourth-order valence-electron chi connectivity index (χ4n) is 2.30.